The molecule has 1 atom stereocenters. The first kappa shape index (κ1) is 11.4. The molecule has 1 aromatic carbocycles. The molecule has 84 valence electrons. The highest BCUT2D eigenvalue weighted by Crippen LogP contribution is 2.26. The average molecular weight is 254 g/mol. The molecule has 2 rings (SSSR count). The van der Waals surface area contributed by atoms with Gasteiger partial charge in [0.2, 0.25) is 5.13 Å². The van der Waals surface area contributed by atoms with E-state index in [0.717, 1.165) is 20.7 Å². The Hall–Kier alpha value is -1.13. The number of benzene rings is 1. The molecule has 0 saturated heterocycles. The van der Waals surface area contributed by atoms with Crippen LogP contribution in [0.4, 0.5) is 5.13 Å². The summed E-state index contributed by atoms with van der Waals surface area (Å²) in [5.41, 5.74) is 1.07. The third-order valence-electron chi connectivity index (χ3n) is 2.24. The summed E-state index contributed by atoms with van der Waals surface area (Å²) in [7, 11) is 0. The van der Waals surface area contributed by atoms with Crippen molar-refractivity contribution in [1.29, 1.82) is 0 Å². The van der Waals surface area contributed by atoms with Crippen LogP contribution in [0.2, 0.25) is 5.02 Å². The lowest BCUT2D eigenvalue weighted by Gasteiger charge is -2.14. The molecule has 0 fully saturated rings. The number of nitrogens with zero attached hydrogens (tertiary/aromatic N) is 2. The summed E-state index contributed by atoms with van der Waals surface area (Å²) in [5.74, 6) is 0. The monoisotopic (exact) mass is 253 g/mol. The van der Waals surface area contributed by atoms with E-state index in [2.05, 4.69) is 22.4 Å². The van der Waals surface area contributed by atoms with E-state index in [0.29, 0.717) is 0 Å². The van der Waals surface area contributed by atoms with Crippen LogP contribution in [0.5, 0.6) is 0 Å². The van der Waals surface area contributed by atoms with Gasteiger partial charge >= 0.3 is 0 Å². The number of nitrogens with one attached hydrogen (secondary N) is 1. The van der Waals surface area contributed by atoms with Gasteiger partial charge in [0.15, 0.2) is 0 Å². The van der Waals surface area contributed by atoms with E-state index in [1.807, 2.05) is 31.2 Å². The Morgan fingerprint density at radius 2 is 2.06 bits per heavy atom. The van der Waals surface area contributed by atoms with E-state index in [9.17, 15) is 0 Å². The molecule has 5 heteroatoms. The van der Waals surface area contributed by atoms with Crippen LogP contribution in [0.25, 0.3) is 0 Å². The minimum Gasteiger partial charge on any atom is -0.354 e. The van der Waals surface area contributed by atoms with Gasteiger partial charge in [-0.1, -0.05) is 41.1 Å². The van der Waals surface area contributed by atoms with Crippen molar-refractivity contribution in [3.05, 3.63) is 39.9 Å². The lowest BCUT2D eigenvalue weighted by Crippen LogP contribution is -2.06. The molecule has 0 bridgehead atoms. The van der Waals surface area contributed by atoms with Crippen molar-refractivity contribution in [3.63, 3.8) is 0 Å². The minimum absolute atomic E-state index is 0.126. The molecule has 1 unspecified atom stereocenters. The molecule has 1 aromatic heterocycles. The van der Waals surface area contributed by atoms with Crippen molar-refractivity contribution in [2.45, 2.75) is 19.9 Å². The van der Waals surface area contributed by atoms with Crippen LogP contribution >= 0.6 is 22.9 Å². The van der Waals surface area contributed by atoms with E-state index in [4.69, 9.17) is 11.6 Å². The summed E-state index contributed by atoms with van der Waals surface area (Å²) in [6.45, 7) is 3.99. The first-order valence-electron chi connectivity index (χ1n) is 4.98. The van der Waals surface area contributed by atoms with Gasteiger partial charge < -0.3 is 5.32 Å². The molecule has 2 aromatic rings. The average Bonchev–Trinajstić information content (AvgIpc) is 2.64. The number of halogens is 1. The standard InChI is InChI=1S/C11H12ClN3S/c1-7(9-5-3-4-6-10(9)12)13-11-15-14-8(2)16-11/h3-7H,1-2H3,(H,13,15). The molecule has 0 aliphatic heterocycles. The van der Waals surface area contributed by atoms with Gasteiger partial charge in [-0.3, -0.25) is 0 Å². The van der Waals surface area contributed by atoms with Gasteiger partial charge in [0.05, 0.1) is 6.04 Å². The Labute approximate surface area is 103 Å². The quantitative estimate of drug-likeness (QED) is 0.907. The fourth-order valence-corrected chi connectivity index (χ4v) is 2.42. The van der Waals surface area contributed by atoms with Crippen LogP contribution in [-0.4, -0.2) is 10.2 Å². The zero-order chi connectivity index (χ0) is 11.5. The number of aromatic nitrogens is 2. The van der Waals surface area contributed by atoms with Gasteiger partial charge in [0.1, 0.15) is 5.01 Å². The van der Waals surface area contributed by atoms with E-state index in [1.165, 1.54) is 0 Å². The minimum atomic E-state index is 0.126. The van der Waals surface area contributed by atoms with E-state index in [-0.39, 0.29) is 6.04 Å². The Balaban J connectivity index is 2.14. The second-order valence-electron chi connectivity index (χ2n) is 3.51. The molecule has 0 aliphatic rings. The molecule has 3 nitrogen and oxygen atoms in total. The third-order valence-corrected chi connectivity index (χ3v) is 3.35. The second-order valence-corrected chi connectivity index (χ2v) is 5.10. The predicted octanol–water partition coefficient (Wildman–Crippen LogP) is 3.67. The molecule has 1 heterocycles. The van der Waals surface area contributed by atoms with Crippen molar-refractivity contribution < 1.29 is 0 Å². The van der Waals surface area contributed by atoms with Gasteiger partial charge in [-0.15, -0.1) is 10.2 Å². The van der Waals surface area contributed by atoms with Crippen LogP contribution in [0.3, 0.4) is 0 Å². The van der Waals surface area contributed by atoms with Crippen molar-refractivity contribution in [2.75, 3.05) is 5.32 Å². The van der Waals surface area contributed by atoms with Gasteiger partial charge in [0.25, 0.3) is 0 Å². The lowest BCUT2D eigenvalue weighted by atomic mass is 10.1. The first-order valence-corrected chi connectivity index (χ1v) is 6.17. The predicted molar refractivity (Wildman–Crippen MR) is 68.1 cm³/mol. The largest absolute Gasteiger partial charge is 0.354 e. The highest BCUT2D eigenvalue weighted by atomic mass is 35.5. The maximum Gasteiger partial charge on any atom is 0.206 e. The summed E-state index contributed by atoms with van der Waals surface area (Å²) >= 11 is 7.66. The van der Waals surface area contributed by atoms with Crippen LogP contribution in [0.15, 0.2) is 24.3 Å². The summed E-state index contributed by atoms with van der Waals surface area (Å²) in [5, 5.41) is 13.8. The first-order chi connectivity index (χ1) is 7.66. The Morgan fingerprint density at radius 3 is 2.69 bits per heavy atom. The number of rotatable bonds is 3. The summed E-state index contributed by atoms with van der Waals surface area (Å²) in [6.07, 6.45) is 0. The molecule has 0 saturated carbocycles. The van der Waals surface area contributed by atoms with Gasteiger partial charge in [0, 0.05) is 5.02 Å². The summed E-state index contributed by atoms with van der Waals surface area (Å²) < 4.78 is 0. The summed E-state index contributed by atoms with van der Waals surface area (Å²) in [6, 6.07) is 7.92. The SMILES string of the molecule is Cc1nnc(NC(C)c2ccccc2Cl)s1. The van der Waals surface area contributed by atoms with Crippen molar-refractivity contribution >= 4 is 28.1 Å². The van der Waals surface area contributed by atoms with Crippen LogP contribution in [-0.2, 0) is 0 Å². The molecule has 1 N–H and O–H groups in total. The van der Waals surface area contributed by atoms with Gasteiger partial charge in [-0.2, -0.15) is 0 Å². The maximum absolute atomic E-state index is 6.12. The molecule has 16 heavy (non-hydrogen) atoms. The number of hydrogen-bond donors (Lipinski definition) is 1. The van der Waals surface area contributed by atoms with Crippen LogP contribution in [0.1, 0.15) is 23.5 Å². The normalized spacial score (nSPS) is 12.4. The van der Waals surface area contributed by atoms with Crippen molar-refractivity contribution in [3.8, 4) is 0 Å². The molecule has 0 aliphatic carbocycles. The number of aryl methyl sites for hydroxylation is 1. The summed E-state index contributed by atoms with van der Waals surface area (Å²) in [4.78, 5) is 0. The number of anilines is 1. The van der Waals surface area contributed by atoms with E-state index in [1.54, 1.807) is 11.3 Å². The maximum atomic E-state index is 6.12. The molecule has 0 amide bonds. The van der Waals surface area contributed by atoms with Crippen molar-refractivity contribution in [1.82, 2.24) is 10.2 Å². The molecule has 0 spiro atoms. The third kappa shape index (κ3) is 2.51. The van der Waals surface area contributed by atoms with Crippen molar-refractivity contribution in [2.24, 2.45) is 0 Å². The molecule has 0 radical (unpaired) electrons. The zero-order valence-electron chi connectivity index (χ0n) is 9.07. The second kappa shape index (κ2) is 4.80. The zero-order valence-corrected chi connectivity index (χ0v) is 10.6. The van der Waals surface area contributed by atoms with Gasteiger partial charge in [-0.05, 0) is 25.5 Å². The van der Waals surface area contributed by atoms with E-state index < -0.39 is 0 Å². The Kier molecular flexibility index (Phi) is 3.41. The topological polar surface area (TPSA) is 37.8 Å². The Bertz CT molecular complexity index is 484. The fraction of sp³-hybridized carbons (Fsp3) is 0.273. The number of hydrogen-bond acceptors (Lipinski definition) is 4. The van der Waals surface area contributed by atoms with Crippen LogP contribution in [0, 0.1) is 6.92 Å². The highest BCUT2D eigenvalue weighted by Gasteiger charge is 2.10. The smallest absolute Gasteiger partial charge is 0.206 e. The molecular formula is C11H12ClN3S. The highest BCUT2D eigenvalue weighted by molar-refractivity contribution is 7.15. The van der Waals surface area contributed by atoms with Crippen LogP contribution < -0.4 is 5.32 Å². The van der Waals surface area contributed by atoms with E-state index >= 15 is 0 Å². The Morgan fingerprint density at radius 1 is 1.31 bits per heavy atom. The van der Waals surface area contributed by atoms with Gasteiger partial charge in [-0.25, -0.2) is 0 Å². The fourth-order valence-electron chi connectivity index (χ4n) is 1.44. The lowest BCUT2D eigenvalue weighted by molar-refractivity contribution is 0.872. The molecular weight excluding hydrogens is 242 g/mol.